The number of halogens is 1. The van der Waals surface area contributed by atoms with Gasteiger partial charge in [-0.3, -0.25) is 0 Å². The standard InChI is InChI=1S/C12H16ClN3O2S2/c1-20(17,18)16-6-4-15(5-7-16)11-3-2-9(13)8-10(11)12(14)19/h2-3,8H,4-7H2,1H3,(H2,14,19). The third-order valence-corrected chi connectivity index (χ3v) is 5.03. The van der Waals surface area contributed by atoms with Crippen LogP contribution in [0.15, 0.2) is 18.2 Å². The molecule has 2 rings (SSSR count). The molecule has 1 saturated heterocycles. The Morgan fingerprint density at radius 3 is 2.40 bits per heavy atom. The highest BCUT2D eigenvalue weighted by Crippen LogP contribution is 2.25. The van der Waals surface area contributed by atoms with Crippen molar-refractivity contribution in [3.8, 4) is 0 Å². The summed E-state index contributed by atoms with van der Waals surface area (Å²) in [6, 6.07) is 5.39. The molecule has 1 aromatic rings. The summed E-state index contributed by atoms with van der Waals surface area (Å²) in [5.74, 6) is 0. The minimum absolute atomic E-state index is 0.285. The smallest absolute Gasteiger partial charge is 0.211 e. The summed E-state index contributed by atoms with van der Waals surface area (Å²) in [5, 5.41) is 0.575. The lowest BCUT2D eigenvalue weighted by atomic mass is 10.1. The molecule has 0 radical (unpaired) electrons. The van der Waals surface area contributed by atoms with Crippen LogP contribution in [-0.2, 0) is 10.0 Å². The molecule has 0 aliphatic carbocycles. The molecule has 0 spiro atoms. The summed E-state index contributed by atoms with van der Waals surface area (Å²) in [5.41, 5.74) is 7.35. The van der Waals surface area contributed by atoms with Crippen molar-refractivity contribution in [3.05, 3.63) is 28.8 Å². The molecule has 0 unspecified atom stereocenters. The van der Waals surface area contributed by atoms with E-state index in [0.717, 1.165) is 11.3 Å². The number of piperazine rings is 1. The molecular formula is C12H16ClN3O2S2. The SMILES string of the molecule is CS(=O)(=O)N1CCN(c2ccc(Cl)cc2C(N)=S)CC1. The Bertz CT molecular complexity index is 626. The van der Waals surface area contributed by atoms with Gasteiger partial charge in [0.05, 0.1) is 6.26 Å². The van der Waals surface area contributed by atoms with E-state index in [1.807, 2.05) is 6.07 Å². The molecule has 1 heterocycles. The molecule has 5 nitrogen and oxygen atoms in total. The summed E-state index contributed by atoms with van der Waals surface area (Å²) < 4.78 is 24.5. The van der Waals surface area contributed by atoms with E-state index in [-0.39, 0.29) is 4.99 Å². The topological polar surface area (TPSA) is 66.6 Å². The van der Waals surface area contributed by atoms with Gasteiger partial charge in [-0.25, -0.2) is 8.42 Å². The Morgan fingerprint density at radius 1 is 1.30 bits per heavy atom. The maximum atomic E-state index is 11.5. The lowest BCUT2D eigenvalue weighted by molar-refractivity contribution is 0.388. The summed E-state index contributed by atoms with van der Waals surface area (Å²) in [4.78, 5) is 2.36. The van der Waals surface area contributed by atoms with Crippen LogP contribution in [0.4, 0.5) is 5.69 Å². The molecule has 1 aromatic carbocycles. The van der Waals surface area contributed by atoms with Gasteiger partial charge < -0.3 is 10.6 Å². The van der Waals surface area contributed by atoms with Crippen molar-refractivity contribution < 1.29 is 8.42 Å². The van der Waals surface area contributed by atoms with Crippen LogP contribution in [0.1, 0.15) is 5.56 Å². The molecule has 20 heavy (non-hydrogen) atoms. The van der Waals surface area contributed by atoms with Crippen molar-refractivity contribution in [2.24, 2.45) is 5.73 Å². The van der Waals surface area contributed by atoms with Crippen LogP contribution in [0.2, 0.25) is 5.02 Å². The number of rotatable bonds is 3. The first-order valence-corrected chi connectivity index (χ1v) is 8.72. The van der Waals surface area contributed by atoms with Crippen LogP contribution in [0.25, 0.3) is 0 Å². The van der Waals surface area contributed by atoms with Crippen LogP contribution in [-0.4, -0.2) is 50.1 Å². The highest BCUT2D eigenvalue weighted by Gasteiger charge is 2.24. The zero-order valence-electron chi connectivity index (χ0n) is 11.0. The van der Waals surface area contributed by atoms with E-state index in [9.17, 15) is 8.42 Å². The molecular weight excluding hydrogens is 318 g/mol. The van der Waals surface area contributed by atoms with E-state index in [0.29, 0.717) is 31.2 Å². The predicted molar refractivity (Wildman–Crippen MR) is 86.0 cm³/mol. The van der Waals surface area contributed by atoms with Crippen LogP contribution in [0.3, 0.4) is 0 Å². The maximum Gasteiger partial charge on any atom is 0.211 e. The molecule has 2 N–H and O–H groups in total. The molecule has 1 fully saturated rings. The molecule has 0 atom stereocenters. The lowest BCUT2D eigenvalue weighted by Crippen LogP contribution is -2.48. The molecule has 0 aromatic heterocycles. The van der Waals surface area contributed by atoms with Gasteiger partial charge in [0.2, 0.25) is 10.0 Å². The monoisotopic (exact) mass is 333 g/mol. The fourth-order valence-corrected chi connectivity index (χ4v) is 3.40. The van der Waals surface area contributed by atoms with E-state index in [2.05, 4.69) is 4.90 Å². The number of thiocarbonyl (C=S) groups is 1. The summed E-state index contributed by atoms with van der Waals surface area (Å²) >= 11 is 11.0. The first-order chi connectivity index (χ1) is 9.29. The van der Waals surface area contributed by atoms with Crippen molar-refractivity contribution in [3.63, 3.8) is 0 Å². The van der Waals surface area contributed by atoms with Crippen LogP contribution >= 0.6 is 23.8 Å². The number of sulfonamides is 1. The number of hydrogen-bond donors (Lipinski definition) is 1. The fraction of sp³-hybridized carbons (Fsp3) is 0.417. The normalized spacial score (nSPS) is 17.2. The van der Waals surface area contributed by atoms with Gasteiger partial charge in [-0.1, -0.05) is 23.8 Å². The highest BCUT2D eigenvalue weighted by molar-refractivity contribution is 7.88. The second-order valence-corrected chi connectivity index (χ2v) is 7.53. The van der Waals surface area contributed by atoms with Crippen LogP contribution < -0.4 is 10.6 Å². The Hall–Kier alpha value is -0.890. The number of benzene rings is 1. The van der Waals surface area contributed by atoms with E-state index >= 15 is 0 Å². The van der Waals surface area contributed by atoms with Crippen LogP contribution in [0.5, 0.6) is 0 Å². The van der Waals surface area contributed by atoms with Gasteiger partial charge in [0.25, 0.3) is 0 Å². The second kappa shape index (κ2) is 5.85. The van der Waals surface area contributed by atoms with Gasteiger partial charge in [-0.15, -0.1) is 0 Å². The zero-order valence-corrected chi connectivity index (χ0v) is 13.4. The van der Waals surface area contributed by atoms with E-state index in [1.54, 1.807) is 12.1 Å². The number of hydrogen-bond acceptors (Lipinski definition) is 4. The van der Waals surface area contributed by atoms with Gasteiger partial charge in [0.15, 0.2) is 0 Å². The third kappa shape index (κ3) is 3.41. The third-order valence-electron chi connectivity index (χ3n) is 3.27. The molecule has 1 aliphatic heterocycles. The predicted octanol–water partition coefficient (Wildman–Crippen LogP) is 1.06. The minimum atomic E-state index is -3.13. The Morgan fingerprint density at radius 2 is 1.90 bits per heavy atom. The first kappa shape index (κ1) is 15.5. The van der Waals surface area contributed by atoms with Crippen molar-refractivity contribution in [1.82, 2.24) is 4.31 Å². The van der Waals surface area contributed by atoms with E-state index in [1.165, 1.54) is 10.6 Å². The number of nitrogens with two attached hydrogens (primary N) is 1. The van der Waals surface area contributed by atoms with Gasteiger partial charge in [0, 0.05) is 42.5 Å². The van der Waals surface area contributed by atoms with Crippen molar-refractivity contribution in [1.29, 1.82) is 0 Å². The summed E-state index contributed by atoms with van der Waals surface area (Å²) in [6.07, 6.45) is 1.23. The van der Waals surface area contributed by atoms with Crippen molar-refractivity contribution in [2.45, 2.75) is 0 Å². The van der Waals surface area contributed by atoms with Gasteiger partial charge >= 0.3 is 0 Å². The van der Waals surface area contributed by atoms with E-state index < -0.39 is 10.0 Å². The van der Waals surface area contributed by atoms with Crippen molar-refractivity contribution >= 4 is 44.5 Å². The average molecular weight is 334 g/mol. The second-order valence-electron chi connectivity index (χ2n) is 4.67. The molecule has 0 bridgehead atoms. The van der Waals surface area contributed by atoms with Crippen molar-refractivity contribution in [2.75, 3.05) is 37.3 Å². The van der Waals surface area contributed by atoms with Gasteiger partial charge in [-0.05, 0) is 18.2 Å². The first-order valence-electron chi connectivity index (χ1n) is 6.08. The number of anilines is 1. The van der Waals surface area contributed by atoms with Gasteiger partial charge in [-0.2, -0.15) is 4.31 Å². The minimum Gasteiger partial charge on any atom is -0.389 e. The Balaban J connectivity index is 2.21. The van der Waals surface area contributed by atoms with Gasteiger partial charge in [0.1, 0.15) is 4.99 Å². The summed E-state index contributed by atoms with van der Waals surface area (Å²) in [6.45, 7) is 2.12. The zero-order chi connectivity index (χ0) is 14.9. The van der Waals surface area contributed by atoms with Crippen LogP contribution in [0, 0.1) is 0 Å². The average Bonchev–Trinajstić information content (AvgIpc) is 2.37. The molecule has 0 saturated carbocycles. The molecule has 1 aliphatic rings. The number of nitrogens with zero attached hydrogens (tertiary/aromatic N) is 2. The molecule has 8 heteroatoms. The Labute approximate surface area is 129 Å². The summed E-state index contributed by atoms with van der Waals surface area (Å²) in [7, 11) is -3.13. The largest absolute Gasteiger partial charge is 0.389 e. The highest BCUT2D eigenvalue weighted by atomic mass is 35.5. The lowest BCUT2D eigenvalue weighted by Gasteiger charge is -2.35. The quantitative estimate of drug-likeness (QED) is 0.838. The maximum absolute atomic E-state index is 11.5. The van der Waals surface area contributed by atoms with E-state index in [4.69, 9.17) is 29.6 Å². The molecule has 0 amide bonds. The molecule has 110 valence electrons. The Kier molecular flexibility index (Phi) is 4.53. The fourth-order valence-electron chi connectivity index (χ4n) is 2.24.